The van der Waals surface area contributed by atoms with E-state index in [0.29, 0.717) is 6.54 Å². The summed E-state index contributed by atoms with van der Waals surface area (Å²) in [7, 11) is 0. The largest absolute Gasteiger partial charge is 0.315 e. The van der Waals surface area contributed by atoms with Gasteiger partial charge >= 0.3 is 0 Å². The molecule has 0 N–H and O–H groups in total. The highest BCUT2D eigenvalue weighted by Crippen LogP contribution is 2.08. The molecule has 0 aliphatic rings. The molecule has 2 heteroatoms. The van der Waals surface area contributed by atoms with Crippen molar-refractivity contribution in [1.29, 1.82) is 0 Å². The first-order valence-electron chi connectivity index (χ1n) is 5.02. The van der Waals surface area contributed by atoms with Gasteiger partial charge in [-0.3, -0.25) is 4.79 Å². The van der Waals surface area contributed by atoms with Gasteiger partial charge in [0, 0.05) is 18.1 Å². The molecule has 0 radical (unpaired) electrons. The van der Waals surface area contributed by atoms with Crippen LogP contribution in [0.5, 0.6) is 0 Å². The Balaban J connectivity index is 2.55. The Labute approximate surface area is 88.5 Å². The van der Waals surface area contributed by atoms with E-state index >= 15 is 0 Å². The zero-order valence-electron chi connectivity index (χ0n) is 8.52. The fourth-order valence-electron chi connectivity index (χ4n) is 1.64. The number of benzene rings is 1. The maximum absolute atomic E-state index is 12.0. The Bertz CT molecular complexity index is 539. The molecule has 0 spiro atoms. The van der Waals surface area contributed by atoms with E-state index in [1.807, 2.05) is 42.6 Å². The molecule has 2 rings (SSSR count). The molecule has 1 heterocycles. The minimum Gasteiger partial charge on any atom is -0.315 e. The van der Waals surface area contributed by atoms with Crippen LogP contribution in [-0.4, -0.2) is 4.57 Å². The number of aryl methyl sites for hydroxylation is 1. The van der Waals surface area contributed by atoms with Crippen molar-refractivity contribution in [2.75, 3.05) is 0 Å². The van der Waals surface area contributed by atoms with Gasteiger partial charge < -0.3 is 4.57 Å². The molecule has 0 atom stereocenters. The molecule has 15 heavy (non-hydrogen) atoms. The van der Waals surface area contributed by atoms with E-state index in [1.54, 1.807) is 4.57 Å². The van der Waals surface area contributed by atoms with Crippen LogP contribution in [0, 0.1) is 0 Å². The van der Waals surface area contributed by atoms with E-state index in [-0.39, 0.29) is 5.56 Å². The Morgan fingerprint density at radius 3 is 2.87 bits per heavy atom. The quantitative estimate of drug-likeness (QED) is 0.696. The second kappa shape index (κ2) is 4.13. The van der Waals surface area contributed by atoms with Crippen molar-refractivity contribution >= 4 is 10.8 Å². The van der Waals surface area contributed by atoms with Crippen molar-refractivity contribution < 1.29 is 0 Å². The minimum atomic E-state index is 0.0787. The van der Waals surface area contributed by atoms with Crippen molar-refractivity contribution in [1.82, 2.24) is 4.57 Å². The molecule has 0 aliphatic heterocycles. The highest BCUT2D eigenvalue weighted by atomic mass is 16.1. The van der Waals surface area contributed by atoms with Gasteiger partial charge in [0.2, 0.25) is 0 Å². The normalized spacial score (nSPS) is 10.4. The Morgan fingerprint density at radius 1 is 1.27 bits per heavy atom. The molecule has 0 unspecified atom stereocenters. The summed E-state index contributed by atoms with van der Waals surface area (Å²) in [6.45, 7) is 4.35. The van der Waals surface area contributed by atoms with E-state index in [0.717, 1.165) is 17.2 Å². The molecule has 0 saturated heterocycles. The van der Waals surface area contributed by atoms with Crippen molar-refractivity contribution in [3.05, 3.63) is 59.5 Å². The van der Waals surface area contributed by atoms with Crippen molar-refractivity contribution in [3.8, 4) is 0 Å². The van der Waals surface area contributed by atoms with Crippen LogP contribution in [0.25, 0.3) is 10.8 Å². The summed E-state index contributed by atoms with van der Waals surface area (Å²) in [6, 6.07) is 9.62. The standard InChI is InChI=1S/C13H13NO/c1-2-3-9-14-10-8-11-6-4-5-7-12(11)13(14)15/h2,4-8,10H,1,3,9H2. The van der Waals surface area contributed by atoms with Gasteiger partial charge in [-0.05, 0) is 23.9 Å². The fourth-order valence-corrected chi connectivity index (χ4v) is 1.64. The predicted octanol–water partition coefficient (Wildman–Crippen LogP) is 2.58. The fraction of sp³-hybridized carbons (Fsp3) is 0.154. The average molecular weight is 199 g/mol. The number of hydrogen-bond donors (Lipinski definition) is 0. The number of pyridine rings is 1. The number of rotatable bonds is 3. The highest BCUT2D eigenvalue weighted by molar-refractivity contribution is 5.81. The molecule has 1 aromatic heterocycles. The van der Waals surface area contributed by atoms with Crippen LogP contribution >= 0.6 is 0 Å². The van der Waals surface area contributed by atoms with E-state index in [2.05, 4.69) is 6.58 Å². The van der Waals surface area contributed by atoms with Gasteiger partial charge in [0.1, 0.15) is 0 Å². The summed E-state index contributed by atoms with van der Waals surface area (Å²) >= 11 is 0. The second-order valence-electron chi connectivity index (χ2n) is 3.48. The second-order valence-corrected chi connectivity index (χ2v) is 3.48. The van der Waals surface area contributed by atoms with Gasteiger partial charge in [-0.15, -0.1) is 6.58 Å². The lowest BCUT2D eigenvalue weighted by atomic mass is 10.2. The van der Waals surface area contributed by atoms with E-state index < -0.39 is 0 Å². The molecule has 76 valence electrons. The summed E-state index contributed by atoms with van der Waals surface area (Å²) in [4.78, 5) is 12.0. The molecule has 0 aliphatic carbocycles. The van der Waals surface area contributed by atoms with Gasteiger partial charge in [0.25, 0.3) is 5.56 Å². The Kier molecular flexibility index (Phi) is 2.68. The van der Waals surface area contributed by atoms with Crippen LogP contribution in [0.15, 0.2) is 54.0 Å². The van der Waals surface area contributed by atoms with Gasteiger partial charge in [-0.25, -0.2) is 0 Å². The zero-order chi connectivity index (χ0) is 10.7. The highest BCUT2D eigenvalue weighted by Gasteiger charge is 2.00. The molecule has 2 aromatic rings. The third-order valence-corrected chi connectivity index (χ3v) is 2.46. The van der Waals surface area contributed by atoms with E-state index in [9.17, 15) is 4.79 Å². The summed E-state index contributed by atoms with van der Waals surface area (Å²) in [5.41, 5.74) is 0.0787. The minimum absolute atomic E-state index is 0.0787. The van der Waals surface area contributed by atoms with Gasteiger partial charge in [-0.2, -0.15) is 0 Å². The van der Waals surface area contributed by atoms with Crippen LogP contribution < -0.4 is 5.56 Å². The zero-order valence-corrected chi connectivity index (χ0v) is 8.52. The Morgan fingerprint density at radius 2 is 2.07 bits per heavy atom. The van der Waals surface area contributed by atoms with Crippen LogP contribution in [0.3, 0.4) is 0 Å². The number of nitrogens with zero attached hydrogens (tertiary/aromatic N) is 1. The first-order valence-corrected chi connectivity index (χ1v) is 5.02. The molecule has 2 nitrogen and oxygen atoms in total. The number of aromatic nitrogens is 1. The topological polar surface area (TPSA) is 22.0 Å². The van der Waals surface area contributed by atoms with E-state index in [1.165, 1.54) is 0 Å². The maximum Gasteiger partial charge on any atom is 0.258 e. The summed E-state index contributed by atoms with van der Waals surface area (Å²) < 4.78 is 1.73. The summed E-state index contributed by atoms with van der Waals surface area (Å²) in [6.07, 6.45) is 4.48. The van der Waals surface area contributed by atoms with Gasteiger partial charge in [0.05, 0.1) is 0 Å². The first kappa shape index (κ1) is 9.71. The van der Waals surface area contributed by atoms with Crippen LogP contribution in [0.1, 0.15) is 6.42 Å². The van der Waals surface area contributed by atoms with Crippen LogP contribution in [0.2, 0.25) is 0 Å². The predicted molar refractivity (Wildman–Crippen MR) is 63.0 cm³/mol. The monoisotopic (exact) mass is 199 g/mol. The first-order chi connectivity index (χ1) is 7.33. The van der Waals surface area contributed by atoms with Crippen LogP contribution in [0.4, 0.5) is 0 Å². The van der Waals surface area contributed by atoms with Crippen molar-refractivity contribution in [3.63, 3.8) is 0 Å². The smallest absolute Gasteiger partial charge is 0.258 e. The SMILES string of the molecule is C=CCCn1ccc2ccccc2c1=O. The summed E-state index contributed by atoms with van der Waals surface area (Å²) in [5, 5.41) is 1.78. The maximum atomic E-state index is 12.0. The van der Waals surface area contributed by atoms with Gasteiger partial charge in [-0.1, -0.05) is 24.3 Å². The van der Waals surface area contributed by atoms with Crippen molar-refractivity contribution in [2.45, 2.75) is 13.0 Å². The molecule has 0 saturated carbocycles. The lowest BCUT2D eigenvalue weighted by Gasteiger charge is -2.04. The Hall–Kier alpha value is -1.83. The number of allylic oxidation sites excluding steroid dienone is 1. The van der Waals surface area contributed by atoms with Crippen LogP contribution in [-0.2, 0) is 6.54 Å². The molecular weight excluding hydrogens is 186 g/mol. The molecular formula is C13H13NO. The van der Waals surface area contributed by atoms with Gasteiger partial charge in [0.15, 0.2) is 0 Å². The molecule has 0 amide bonds. The lowest BCUT2D eigenvalue weighted by Crippen LogP contribution is -2.19. The lowest BCUT2D eigenvalue weighted by molar-refractivity contribution is 0.688. The number of hydrogen-bond acceptors (Lipinski definition) is 1. The number of fused-ring (bicyclic) bond motifs is 1. The molecule has 1 aromatic carbocycles. The summed E-state index contributed by atoms with van der Waals surface area (Å²) in [5.74, 6) is 0. The van der Waals surface area contributed by atoms with Crippen molar-refractivity contribution in [2.24, 2.45) is 0 Å². The third-order valence-electron chi connectivity index (χ3n) is 2.46. The van der Waals surface area contributed by atoms with E-state index in [4.69, 9.17) is 0 Å². The average Bonchev–Trinajstić information content (AvgIpc) is 2.29. The molecule has 0 fully saturated rings. The third kappa shape index (κ3) is 1.84. The molecule has 0 bridgehead atoms.